The number of hydrogen-bond acceptors (Lipinski definition) is 3. The van der Waals surface area contributed by atoms with Crippen LogP contribution < -0.4 is 10.0 Å². The van der Waals surface area contributed by atoms with Gasteiger partial charge in [-0.15, -0.1) is 0 Å². The summed E-state index contributed by atoms with van der Waals surface area (Å²) in [6.45, 7) is 3.52. The molecule has 72 valence electrons. The molecule has 0 bridgehead atoms. The Morgan fingerprint density at radius 3 is 2.67 bits per heavy atom. The van der Waals surface area contributed by atoms with Crippen molar-refractivity contribution in [3.8, 4) is 0 Å². The molecule has 1 aliphatic heterocycles. The van der Waals surface area contributed by atoms with Crippen molar-refractivity contribution >= 4 is 10.0 Å². The minimum Gasteiger partial charge on any atom is -0.310 e. The monoisotopic (exact) mass is 192 g/mol. The lowest BCUT2D eigenvalue weighted by Gasteiger charge is -2.23. The van der Waals surface area contributed by atoms with Gasteiger partial charge in [-0.05, 0) is 26.3 Å². The third kappa shape index (κ3) is 3.08. The Bertz CT molecular complexity index is 242. The molecule has 1 atom stereocenters. The van der Waals surface area contributed by atoms with Crippen LogP contribution in [0.15, 0.2) is 0 Å². The van der Waals surface area contributed by atoms with E-state index in [1.807, 2.05) is 6.92 Å². The molecule has 1 heterocycles. The van der Waals surface area contributed by atoms with Crippen molar-refractivity contribution in [2.24, 2.45) is 0 Å². The van der Waals surface area contributed by atoms with Crippen molar-refractivity contribution in [3.05, 3.63) is 0 Å². The van der Waals surface area contributed by atoms with Crippen molar-refractivity contribution in [1.29, 1.82) is 0 Å². The molecule has 1 rings (SSSR count). The van der Waals surface area contributed by atoms with E-state index in [0.717, 1.165) is 19.4 Å². The SMILES string of the molecule is CC1(CNS(C)(=O)=O)CCCN1. The van der Waals surface area contributed by atoms with Gasteiger partial charge in [-0.2, -0.15) is 0 Å². The second-order valence-corrected chi connectivity index (χ2v) is 5.52. The molecule has 0 spiro atoms. The minimum absolute atomic E-state index is 0.0386. The first-order chi connectivity index (χ1) is 5.41. The molecule has 2 N–H and O–H groups in total. The molecule has 5 heteroatoms. The number of sulfonamides is 1. The second kappa shape index (κ2) is 3.32. The standard InChI is InChI=1S/C7H16N2O2S/c1-7(4-3-5-8-7)6-9-12(2,10)11/h8-9H,3-6H2,1-2H3. The summed E-state index contributed by atoms with van der Waals surface area (Å²) in [7, 11) is -3.04. The van der Waals surface area contributed by atoms with Gasteiger partial charge in [0, 0.05) is 12.1 Å². The quantitative estimate of drug-likeness (QED) is 0.644. The summed E-state index contributed by atoms with van der Waals surface area (Å²) in [5, 5.41) is 3.28. The van der Waals surface area contributed by atoms with E-state index in [1.54, 1.807) is 0 Å². The molecular weight excluding hydrogens is 176 g/mol. The Morgan fingerprint density at radius 2 is 2.25 bits per heavy atom. The van der Waals surface area contributed by atoms with Gasteiger partial charge in [0.1, 0.15) is 0 Å². The molecule has 0 aromatic rings. The third-order valence-corrected chi connectivity index (χ3v) is 2.85. The highest BCUT2D eigenvalue weighted by Gasteiger charge is 2.28. The van der Waals surface area contributed by atoms with Crippen LogP contribution in [0, 0.1) is 0 Å². The molecule has 0 aromatic heterocycles. The van der Waals surface area contributed by atoms with E-state index in [9.17, 15) is 8.42 Å². The van der Waals surface area contributed by atoms with Gasteiger partial charge in [0.15, 0.2) is 0 Å². The van der Waals surface area contributed by atoms with Crippen LogP contribution in [0.3, 0.4) is 0 Å². The second-order valence-electron chi connectivity index (χ2n) is 3.68. The topological polar surface area (TPSA) is 58.2 Å². The Hall–Kier alpha value is -0.130. The summed E-state index contributed by atoms with van der Waals surface area (Å²) in [5.74, 6) is 0. The lowest BCUT2D eigenvalue weighted by molar-refractivity contribution is 0.410. The molecule has 1 saturated heterocycles. The van der Waals surface area contributed by atoms with E-state index in [4.69, 9.17) is 0 Å². The van der Waals surface area contributed by atoms with Gasteiger partial charge in [-0.1, -0.05) is 0 Å². The van der Waals surface area contributed by atoms with E-state index in [1.165, 1.54) is 6.26 Å². The molecule has 1 fully saturated rings. The average Bonchev–Trinajstić information content (AvgIpc) is 2.32. The van der Waals surface area contributed by atoms with Crippen LogP contribution in [0.1, 0.15) is 19.8 Å². The van der Waals surface area contributed by atoms with Gasteiger partial charge < -0.3 is 5.32 Å². The largest absolute Gasteiger partial charge is 0.310 e. The van der Waals surface area contributed by atoms with E-state index in [2.05, 4.69) is 10.0 Å². The summed E-state index contributed by atoms with van der Waals surface area (Å²) in [5.41, 5.74) is -0.0386. The van der Waals surface area contributed by atoms with Crippen molar-refractivity contribution in [1.82, 2.24) is 10.0 Å². The van der Waals surface area contributed by atoms with E-state index in [0.29, 0.717) is 6.54 Å². The van der Waals surface area contributed by atoms with Gasteiger partial charge in [-0.3, -0.25) is 0 Å². The number of nitrogens with one attached hydrogen (secondary N) is 2. The van der Waals surface area contributed by atoms with Gasteiger partial charge >= 0.3 is 0 Å². The number of rotatable bonds is 3. The highest BCUT2D eigenvalue weighted by molar-refractivity contribution is 7.88. The van der Waals surface area contributed by atoms with Crippen LogP contribution in [0.5, 0.6) is 0 Å². The highest BCUT2D eigenvalue weighted by Crippen LogP contribution is 2.17. The van der Waals surface area contributed by atoms with E-state index >= 15 is 0 Å². The van der Waals surface area contributed by atoms with E-state index in [-0.39, 0.29) is 5.54 Å². The van der Waals surface area contributed by atoms with Gasteiger partial charge in [0.25, 0.3) is 0 Å². The maximum absolute atomic E-state index is 10.8. The van der Waals surface area contributed by atoms with Crippen LogP contribution in [0.2, 0.25) is 0 Å². The lowest BCUT2D eigenvalue weighted by Crippen LogP contribution is -2.47. The van der Waals surface area contributed by atoms with Crippen molar-refractivity contribution in [2.45, 2.75) is 25.3 Å². The molecule has 12 heavy (non-hydrogen) atoms. The summed E-state index contributed by atoms with van der Waals surface area (Å²) in [6, 6.07) is 0. The van der Waals surface area contributed by atoms with Crippen molar-refractivity contribution < 1.29 is 8.42 Å². The number of hydrogen-bond donors (Lipinski definition) is 2. The highest BCUT2D eigenvalue weighted by atomic mass is 32.2. The van der Waals surface area contributed by atoms with Crippen LogP contribution in [0.25, 0.3) is 0 Å². The average molecular weight is 192 g/mol. The molecule has 0 aromatic carbocycles. The fourth-order valence-corrected chi connectivity index (χ4v) is 1.98. The zero-order chi connectivity index (χ0) is 9.24. The van der Waals surface area contributed by atoms with Crippen LogP contribution in [-0.4, -0.2) is 33.3 Å². The van der Waals surface area contributed by atoms with Gasteiger partial charge in [-0.25, -0.2) is 13.1 Å². The first kappa shape index (κ1) is 9.95. The molecule has 0 radical (unpaired) electrons. The predicted octanol–water partition coefficient (Wildman–Crippen LogP) is -0.322. The fraction of sp³-hybridized carbons (Fsp3) is 1.00. The maximum Gasteiger partial charge on any atom is 0.208 e. The van der Waals surface area contributed by atoms with Gasteiger partial charge in [0.2, 0.25) is 10.0 Å². The molecule has 0 aliphatic carbocycles. The van der Waals surface area contributed by atoms with Crippen molar-refractivity contribution in [3.63, 3.8) is 0 Å². The summed E-state index contributed by atoms with van der Waals surface area (Å²) in [4.78, 5) is 0. The Balaban J connectivity index is 2.41. The Morgan fingerprint density at radius 1 is 1.58 bits per heavy atom. The fourth-order valence-electron chi connectivity index (χ4n) is 1.40. The normalized spacial score (nSPS) is 30.8. The Kier molecular flexibility index (Phi) is 2.75. The minimum atomic E-state index is -3.04. The van der Waals surface area contributed by atoms with Crippen molar-refractivity contribution in [2.75, 3.05) is 19.3 Å². The smallest absolute Gasteiger partial charge is 0.208 e. The molecule has 1 aliphatic rings. The summed E-state index contributed by atoms with van der Waals surface area (Å²) < 4.78 is 24.1. The first-order valence-corrected chi connectivity index (χ1v) is 6.00. The molecule has 0 saturated carbocycles. The van der Waals surface area contributed by atoms with Crippen LogP contribution in [-0.2, 0) is 10.0 Å². The summed E-state index contributed by atoms with van der Waals surface area (Å²) >= 11 is 0. The zero-order valence-corrected chi connectivity index (χ0v) is 8.37. The predicted molar refractivity (Wildman–Crippen MR) is 48.5 cm³/mol. The molecular formula is C7H16N2O2S. The first-order valence-electron chi connectivity index (χ1n) is 4.11. The molecule has 0 amide bonds. The Labute approximate surface area is 73.8 Å². The molecule has 4 nitrogen and oxygen atoms in total. The zero-order valence-electron chi connectivity index (χ0n) is 7.55. The molecule has 1 unspecified atom stereocenters. The van der Waals surface area contributed by atoms with Gasteiger partial charge in [0.05, 0.1) is 6.26 Å². The lowest BCUT2D eigenvalue weighted by atomic mass is 10.0. The van der Waals surface area contributed by atoms with E-state index < -0.39 is 10.0 Å². The maximum atomic E-state index is 10.8. The summed E-state index contributed by atoms with van der Waals surface area (Å²) in [6.07, 6.45) is 3.35. The van der Waals surface area contributed by atoms with Crippen LogP contribution >= 0.6 is 0 Å². The third-order valence-electron chi connectivity index (χ3n) is 2.18. The van der Waals surface area contributed by atoms with Crippen LogP contribution in [0.4, 0.5) is 0 Å².